The summed E-state index contributed by atoms with van der Waals surface area (Å²) in [6, 6.07) is 13.2. The number of hydrogen-bond donors (Lipinski definition) is 3. The van der Waals surface area contributed by atoms with E-state index in [2.05, 4.69) is 21.7 Å². The van der Waals surface area contributed by atoms with Crippen molar-refractivity contribution in [3.63, 3.8) is 0 Å². The lowest BCUT2D eigenvalue weighted by molar-refractivity contribution is 0.00467. The van der Waals surface area contributed by atoms with E-state index in [-0.39, 0.29) is 12.0 Å². The monoisotopic (exact) mass is 503 g/mol. The number of nitrogens with zero attached hydrogens (tertiary/aromatic N) is 1. The van der Waals surface area contributed by atoms with E-state index in [1.165, 1.54) is 6.42 Å². The quantitative estimate of drug-likeness (QED) is 0.375. The number of amides is 1. The lowest BCUT2D eigenvalue weighted by Crippen LogP contribution is -2.41. The highest BCUT2D eigenvalue weighted by Crippen LogP contribution is 2.28. The summed E-state index contributed by atoms with van der Waals surface area (Å²) in [5, 5.41) is 18.2. The third-order valence-electron chi connectivity index (χ3n) is 7.55. The first-order valence-corrected chi connectivity index (χ1v) is 13.5. The summed E-state index contributed by atoms with van der Waals surface area (Å²) in [5.41, 5.74) is 3.60. The van der Waals surface area contributed by atoms with Gasteiger partial charge in [-0.25, -0.2) is 0 Å². The van der Waals surface area contributed by atoms with Crippen molar-refractivity contribution >= 4 is 22.5 Å². The van der Waals surface area contributed by atoms with E-state index in [0.717, 1.165) is 78.6 Å². The number of carbonyl (C=O) groups excluding carboxylic acids is 1. The first kappa shape index (κ1) is 25.6. The molecule has 7 nitrogen and oxygen atoms in total. The Morgan fingerprint density at radius 1 is 1.14 bits per heavy atom. The fraction of sp³-hybridized carbons (Fsp3) is 0.467. The lowest BCUT2D eigenvalue weighted by Gasteiger charge is -2.32. The van der Waals surface area contributed by atoms with E-state index in [9.17, 15) is 9.90 Å². The second-order valence-corrected chi connectivity index (χ2v) is 10.5. The predicted octanol–water partition coefficient (Wildman–Crippen LogP) is 5.14. The number of hydrogen-bond acceptors (Lipinski definition) is 6. The zero-order valence-electron chi connectivity index (χ0n) is 21.6. The van der Waals surface area contributed by atoms with Crippen LogP contribution in [0, 0.1) is 6.92 Å². The Bertz CT molecular complexity index is 1220. The topological polar surface area (TPSA) is 92.7 Å². The third kappa shape index (κ3) is 6.47. The standard InChI is InChI=1S/C30H37N3O4/c1-21-27(33-29(34)23-7-10-25(11-8-23)37-19-26-6-5-15-36-26)12-9-24-16-22(18-32-28(21)24)17-31-20-30(35)13-3-2-4-14-30/h7-12,16,18,26,31,35H,2-6,13-15,17,19-20H2,1H3,(H,33,34)/t26-/m0/s1. The molecule has 1 atom stereocenters. The minimum atomic E-state index is -0.579. The maximum Gasteiger partial charge on any atom is 0.255 e. The number of rotatable bonds is 9. The number of nitrogens with one attached hydrogen (secondary N) is 2. The molecule has 1 saturated carbocycles. The first-order chi connectivity index (χ1) is 18.0. The molecule has 0 bridgehead atoms. The van der Waals surface area contributed by atoms with Gasteiger partial charge in [-0.2, -0.15) is 0 Å². The van der Waals surface area contributed by atoms with Gasteiger partial charge < -0.3 is 25.2 Å². The predicted molar refractivity (Wildman–Crippen MR) is 145 cm³/mol. The van der Waals surface area contributed by atoms with Gasteiger partial charge in [-0.3, -0.25) is 9.78 Å². The molecule has 2 heterocycles. The summed E-state index contributed by atoms with van der Waals surface area (Å²) in [6.45, 7) is 4.59. The molecule has 0 spiro atoms. The molecule has 1 aliphatic carbocycles. The largest absolute Gasteiger partial charge is 0.491 e. The molecule has 2 fully saturated rings. The molecule has 3 aromatic rings. The van der Waals surface area contributed by atoms with Crippen LogP contribution in [0.15, 0.2) is 48.7 Å². The maximum atomic E-state index is 12.9. The zero-order chi connectivity index (χ0) is 25.7. The second kappa shape index (κ2) is 11.6. The summed E-state index contributed by atoms with van der Waals surface area (Å²) < 4.78 is 11.4. The molecule has 2 aromatic carbocycles. The number of aliphatic hydroxyl groups is 1. The van der Waals surface area contributed by atoms with Crippen molar-refractivity contribution in [2.45, 2.75) is 70.1 Å². The molecule has 196 valence electrons. The summed E-state index contributed by atoms with van der Waals surface area (Å²) in [4.78, 5) is 17.6. The molecule has 1 aliphatic heterocycles. The van der Waals surface area contributed by atoms with Crippen molar-refractivity contribution in [3.05, 3.63) is 65.4 Å². The van der Waals surface area contributed by atoms with Crippen LogP contribution in [0.1, 0.15) is 66.4 Å². The second-order valence-electron chi connectivity index (χ2n) is 10.5. The van der Waals surface area contributed by atoms with Crippen molar-refractivity contribution in [2.75, 3.05) is 25.1 Å². The van der Waals surface area contributed by atoms with Crippen LogP contribution in [0.2, 0.25) is 0 Å². The van der Waals surface area contributed by atoms with Crippen LogP contribution >= 0.6 is 0 Å². The Kier molecular flexibility index (Phi) is 8.03. The van der Waals surface area contributed by atoms with Crippen LogP contribution in [0.3, 0.4) is 0 Å². The highest BCUT2D eigenvalue weighted by atomic mass is 16.5. The van der Waals surface area contributed by atoms with Gasteiger partial charge in [-0.1, -0.05) is 25.3 Å². The van der Waals surface area contributed by atoms with Gasteiger partial charge in [0.05, 0.1) is 17.2 Å². The Morgan fingerprint density at radius 2 is 1.95 bits per heavy atom. The Labute approximate surface area is 218 Å². The molecule has 0 unspecified atom stereocenters. The molecular weight excluding hydrogens is 466 g/mol. The van der Waals surface area contributed by atoms with Gasteiger partial charge in [0.1, 0.15) is 12.4 Å². The normalized spacial score (nSPS) is 19.1. The fourth-order valence-corrected chi connectivity index (χ4v) is 5.31. The van der Waals surface area contributed by atoms with Crippen LogP contribution in [-0.4, -0.2) is 47.5 Å². The van der Waals surface area contributed by atoms with Gasteiger partial charge in [0.2, 0.25) is 0 Å². The minimum Gasteiger partial charge on any atom is -0.491 e. The average molecular weight is 504 g/mol. The van der Waals surface area contributed by atoms with Crippen molar-refractivity contribution in [3.8, 4) is 5.75 Å². The average Bonchev–Trinajstić information content (AvgIpc) is 3.43. The summed E-state index contributed by atoms with van der Waals surface area (Å²) in [5.74, 6) is 0.561. The van der Waals surface area contributed by atoms with Crippen LogP contribution < -0.4 is 15.4 Å². The van der Waals surface area contributed by atoms with Crippen LogP contribution in [0.4, 0.5) is 5.69 Å². The van der Waals surface area contributed by atoms with Crippen LogP contribution in [-0.2, 0) is 11.3 Å². The van der Waals surface area contributed by atoms with E-state index in [0.29, 0.717) is 25.3 Å². The van der Waals surface area contributed by atoms with Crippen molar-refractivity contribution < 1.29 is 19.4 Å². The SMILES string of the molecule is Cc1c(NC(=O)c2ccc(OC[C@@H]3CCCO3)cc2)ccc2cc(CNCC3(O)CCCCC3)cnc12. The van der Waals surface area contributed by atoms with Gasteiger partial charge in [0.15, 0.2) is 0 Å². The van der Waals surface area contributed by atoms with Gasteiger partial charge in [-0.05, 0) is 80.1 Å². The Morgan fingerprint density at radius 3 is 2.70 bits per heavy atom. The zero-order valence-corrected chi connectivity index (χ0v) is 21.6. The molecule has 1 aromatic heterocycles. The number of pyridine rings is 1. The van der Waals surface area contributed by atoms with E-state index >= 15 is 0 Å². The molecule has 7 heteroatoms. The highest BCUT2D eigenvalue weighted by Gasteiger charge is 2.28. The van der Waals surface area contributed by atoms with Crippen LogP contribution in [0.25, 0.3) is 10.9 Å². The maximum absolute atomic E-state index is 12.9. The van der Waals surface area contributed by atoms with E-state index < -0.39 is 5.60 Å². The number of aromatic nitrogens is 1. The van der Waals surface area contributed by atoms with Gasteiger partial charge >= 0.3 is 0 Å². The molecule has 3 N–H and O–H groups in total. The number of benzene rings is 2. The number of anilines is 1. The van der Waals surface area contributed by atoms with Crippen molar-refractivity contribution in [1.29, 1.82) is 0 Å². The number of ether oxygens (including phenoxy) is 2. The number of carbonyl (C=O) groups is 1. The number of aryl methyl sites for hydroxylation is 1. The lowest BCUT2D eigenvalue weighted by atomic mass is 9.85. The van der Waals surface area contributed by atoms with E-state index in [1.807, 2.05) is 37.4 Å². The van der Waals surface area contributed by atoms with Crippen LogP contribution in [0.5, 0.6) is 5.75 Å². The van der Waals surface area contributed by atoms with E-state index in [1.54, 1.807) is 12.1 Å². The third-order valence-corrected chi connectivity index (χ3v) is 7.55. The first-order valence-electron chi connectivity index (χ1n) is 13.5. The molecule has 5 rings (SSSR count). The highest BCUT2D eigenvalue weighted by molar-refractivity contribution is 6.06. The van der Waals surface area contributed by atoms with Gasteiger partial charge in [0, 0.05) is 42.5 Å². The Hall–Kier alpha value is -3.00. The van der Waals surface area contributed by atoms with Crippen molar-refractivity contribution in [1.82, 2.24) is 10.3 Å². The molecule has 2 aliphatic rings. The summed E-state index contributed by atoms with van der Waals surface area (Å²) >= 11 is 0. The van der Waals surface area contributed by atoms with E-state index in [4.69, 9.17) is 9.47 Å². The molecule has 1 saturated heterocycles. The minimum absolute atomic E-state index is 0.161. The van der Waals surface area contributed by atoms with Crippen molar-refractivity contribution in [2.24, 2.45) is 0 Å². The summed E-state index contributed by atoms with van der Waals surface area (Å²) in [6.07, 6.45) is 9.31. The fourth-order valence-electron chi connectivity index (χ4n) is 5.31. The molecule has 1 amide bonds. The molecule has 37 heavy (non-hydrogen) atoms. The van der Waals surface area contributed by atoms with Gasteiger partial charge in [0.25, 0.3) is 5.91 Å². The molecule has 0 radical (unpaired) electrons. The number of fused-ring (bicyclic) bond motifs is 1. The molecular formula is C30H37N3O4. The summed E-state index contributed by atoms with van der Waals surface area (Å²) in [7, 11) is 0. The smallest absolute Gasteiger partial charge is 0.255 e. The van der Waals surface area contributed by atoms with Gasteiger partial charge in [-0.15, -0.1) is 0 Å². The Balaban J connectivity index is 1.18.